The first-order chi connectivity index (χ1) is 18.8. The number of guanidine groups is 1. The average Bonchev–Trinajstić information content (AvgIpc) is 3.80. The van der Waals surface area contributed by atoms with Crippen molar-refractivity contribution in [2.45, 2.75) is 65.0 Å². The zero-order valence-electron chi connectivity index (χ0n) is 22.8. The lowest BCUT2D eigenvalue weighted by Gasteiger charge is -2.31. The smallest absolute Gasteiger partial charge is 0.356 e. The van der Waals surface area contributed by atoms with Gasteiger partial charge in [-0.05, 0) is 86.8 Å². The summed E-state index contributed by atoms with van der Waals surface area (Å²) in [4.78, 5) is 12.9. The van der Waals surface area contributed by atoms with Crippen molar-refractivity contribution in [2.75, 3.05) is 25.0 Å². The second kappa shape index (κ2) is 11.7. The molecule has 0 unspecified atom stereocenters. The SMILES string of the molecule is C=NNC(=NC)N(Cc1cc(C(F)(F)F)cc(C(F)(F)F)c1)Cc1cc(C)c(C)nc1N(CC1CC1)CC1CC1. The molecular formula is C28H34F6N6. The topological polar surface area (TPSA) is 56.1 Å². The number of nitrogens with one attached hydrogen (secondary N) is 1. The highest BCUT2D eigenvalue weighted by Gasteiger charge is 2.37. The number of alkyl halides is 6. The minimum absolute atomic E-state index is 0.127. The molecule has 0 bridgehead atoms. The van der Waals surface area contributed by atoms with Crippen LogP contribution in [-0.4, -0.2) is 42.7 Å². The Hall–Kier alpha value is -3.31. The third-order valence-electron chi connectivity index (χ3n) is 7.25. The van der Waals surface area contributed by atoms with Gasteiger partial charge in [0.2, 0.25) is 5.96 Å². The molecule has 2 fully saturated rings. The van der Waals surface area contributed by atoms with Gasteiger partial charge in [0.1, 0.15) is 5.82 Å². The van der Waals surface area contributed by atoms with Crippen LogP contribution in [0.15, 0.2) is 34.4 Å². The van der Waals surface area contributed by atoms with Gasteiger partial charge in [-0.2, -0.15) is 31.4 Å². The Labute approximate surface area is 230 Å². The van der Waals surface area contributed by atoms with Gasteiger partial charge in [0, 0.05) is 51.2 Å². The van der Waals surface area contributed by atoms with Crippen LogP contribution in [0.4, 0.5) is 32.2 Å². The van der Waals surface area contributed by atoms with E-state index in [4.69, 9.17) is 4.98 Å². The normalized spacial score (nSPS) is 16.2. The van der Waals surface area contributed by atoms with Crippen LogP contribution < -0.4 is 10.3 Å². The van der Waals surface area contributed by atoms with Crippen molar-refractivity contribution in [3.63, 3.8) is 0 Å². The van der Waals surface area contributed by atoms with Gasteiger partial charge < -0.3 is 9.80 Å². The average molecular weight is 569 g/mol. The van der Waals surface area contributed by atoms with Crippen molar-refractivity contribution in [2.24, 2.45) is 21.9 Å². The Morgan fingerprint density at radius 3 is 1.93 bits per heavy atom. The van der Waals surface area contributed by atoms with E-state index >= 15 is 0 Å². The number of aromatic nitrogens is 1. The van der Waals surface area contributed by atoms with E-state index in [1.54, 1.807) is 4.90 Å². The monoisotopic (exact) mass is 568 g/mol. The zero-order valence-corrected chi connectivity index (χ0v) is 22.8. The predicted molar refractivity (Wildman–Crippen MR) is 143 cm³/mol. The molecule has 2 saturated carbocycles. The van der Waals surface area contributed by atoms with E-state index in [9.17, 15) is 26.3 Å². The maximum absolute atomic E-state index is 13.6. The van der Waals surface area contributed by atoms with E-state index in [1.165, 1.54) is 7.05 Å². The van der Waals surface area contributed by atoms with E-state index in [0.717, 1.165) is 73.5 Å². The fraction of sp³-hybridized carbons (Fsp3) is 0.536. The summed E-state index contributed by atoms with van der Waals surface area (Å²) in [6, 6.07) is 3.59. The third-order valence-corrected chi connectivity index (χ3v) is 7.25. The molecule has 1 heterocycles. The molecule has 2 aliphatic carbocycles. The van der Waals surface area contributed by atoms with Gasteiger partial charge in [0.05, 0.1) is 11.1 Å². The fourth-order valence-corrected chi connectivity index (χ4v) is 4.69. The molecule has 12 heteroatoms. The van der Waals surface area contributed by atoms with Crippen LogP contribution in [0.2, 0.25) is 0 Å². The number of aryl methyl sites for hydroxylation is 2. The van der Waals surface area contributed by atoms with Crippen molar-refractivity contribution in [3.05, 3.63) is 57.8 Å². The maximum atomic E-state index is 13.6. The van der Waals surface area contributed by atoms with E-state index in [-0.39, 0.29) is 30.7 Å². The number of rotatable bonds is 10. The van der Waals surface area contributed by atoms with Crippen LogP contribution in [0, 0.1) is 25.7 Å². The second-order valence-corrected chi connectivity index (χ2v) is 10.8. The van der Waals surface area contributed by atoms with Crippen LogP contribution in [0.1, 0.15) is 59.2 Å². The number of pyridine rings is 1. The molecular weight excluding hydrogens is 534 g/mol. The summed E-state index contributed by atoms with van der Waals surface area (Å²) >= 11 is 0. The Kier molecular flexibility index (Phi) is 8.65. The number of hydrogen-bond acceptors (Lipinski definition) is 4. The summed E-state index contributed by atoms with van der Waals surface area (Å²) in [6.45, 7) is 8.81. The lowest BCUT2D eigenvalue weighted by Crippen LogP contribution is -2.39. The Morgan fingerprint density at radius 2 is 1.48 bits per heavy atom. The first kappa shape index (κ1) is 29.7. The number of anilines is 1. The number of benzene rings is 1. The van der Waals surface area contributed by atoms with Crippen molar-refractivity contribution in [3.8, 4) is 0 Å². The molecule has 0 spiro atoms. The highest BCUT2D eigenvalue weighted by molar-refractivity contribution is 5.80. The lowest BCUT2D eigenvalue weighted by atomic mass is 10.0. The van der Waals surface area contributed by atoms with Gasteiger partial charge in [0.25, 0.3) is 0 Å². The van der Waals surface area contributed by atoms with E-state index < -0.39 is 23.5 Å². The van der Waals surface area contributed by atoms with Crippen LogP contribution in [0.25, 0.3) is 0 Å². The molecule has 0 radical (unpaired) electrons. The van der Waals surface area contributed by atoms with Gasteiger partial charge >= 0.3 is 12.4 Å². The minimum atomic E-state index is -4.94. The standard InChI is InChI=1S/C28H34F6N6/c1-17-9-22(25(37-18(17)2)39(13-19-5-6-19)14-20-7-8-20)16-40(26(35-3)38-36-4)15-21-10-23(27(29,30)31)12-24(11-21)28(32,33)34/h9-12,19-20H,4-8,13-16H2,1-3H3,(H,35,38). The second-order valence-electron chi connectivity index (χ2n) is 10.8. The molecule has 2 aromatic rings. The highest BCUT2D eigenvalue weighted by atomic mass is 19.4. The Morgan fingerprint density at radius 1 is 0.925 bits per heavy atom. The van der Waals surface area contributed by atoms with Crippen LogP contribution in [-0.2, 0) is 25.4 Å². The number of hydrogen-bond donors (Lipinski definition) is 1. The zero-order chi connectivity index (χ0) is 29.2. The fourth-order valence-electron chi connectivity index (χ4n) is 4.69. The first-order valence-corrected chi connectivity index (χ1v) is 13.2. The molecule has 1 N–H and O–H groups in total. The molecule has 1 aromatic heterocycles. The third kappa shape index (κ3) is 7.66. The summed E-state index contributed by atoms with van der Waals surface area (Å²) in [5.74, 6) is 2.13. The predicted octanol–water partition coefficient (Wildman–Crippen LogP) is 6.56. The number of nitrogens with zero attached hydrogens (tertiary/aromatic N) is 5. The molecule has 0 saturated heterocycles. The summed E-state index contributed by atoms with van der Waals surface area (Å²) in [7, 11) is 1.46. The number of hydrazone groups is 1. The highest BCUT2D eigenvalue weighted by Crippen LogP contribution is 2.38. The molecule has 2 aliphatic rings. The molecule has 40 heavy (non-hydrogen) atoms. The molecule has 1 aromatic carbocycles. The summed E-state index contributed by atoms with van der Waals surface area (Å²) in [6.07, 6.45) is -5.25. The van der Waals surface area contributed by atoms with Gasteiger partial charge in [0.15, 0.2) is 0 Å². The Bertz CT molecular complexity index is 1200. The molecule has 0 atom stereocenters. The molecule has 0 amide bonds. The summed E-state index contributed by atoms with van der Waals surface area (Å²) in [5, 5.41) is 3.65. The molecule has 6 nitrogen and oxygen atoms in total. The van der Waals surface area contributed by atoms with Crippen molar-refractivity contribution >= 4 is 18.5 Å². The lowest BCUT2D eigenvalue weighted by molar-refractivity contribution is -0.143. The molecule has 0 aliphatic heterocycles. The maximum Gasteiger partial charge on any atom is 0.416 e. The Balaban J connectivity index is 1.75. The van der Waals surface area contributed by atoms with E-state index in [2.05, 4.69) is 27.1 Å². The van der Waals surface area contributed by atoms with Crippen LogP contribution in [0.3, 0.4) is 0 Å². The summed E-state index contributed by atoms with van der Waals surface area (Å²) < 4.78 is 81.3. The van der Waals surface area contributed by atoms with Crippen molar-refractivity contribution < 1.29 is 26.3 Å². The van der Waals surface area contributed by atoms with Gasteiger partial charge in [-0.1, -0.05) is 0 Å². The van der Waals surface area contributed by atoms with Gasteiger partial charge in [-0.3, -0.25) is 4.99 Å². The van der Waals surface area contributed by atoms with Crippen molar-refractivity contribution in [1.82, 2.24) is 15.3 Å². The first-order valence-electron chi connectivity index (χ1n) is 13.2. The molecule has 4 rings (SSSR count). The van der Waals surface area contributed by atoms with Crippen molar-refractivity contribution in [1.29, 1.82) is 0 Å². The number of aliphatic imine (C=N–C) groups is 1. The van der Waals surface area contributed by atoms with Crippen LogP contribution >= 0.6 is 0 Å². The van der Waals surface area contributed by atoms with E-state index in [1.807, 2.05) is 19.9 Å². The van der Waals surface area contributed by atoms with E-state index in [0.29, 0.717) is 11.8 Å². The van der Waals surface area contributed by atoms with Gasteiger partial charge in [-0.25, -0.2) is 10.4 Å². The molecule has 218 valence electrons. The number of halogens is 6. The largest absolute Gasteiger partial charge is 0.416 e. The summed E-state index contributed by atoms with van der Waals surface area (Å²) in [5.41, 5.74) is 2.34. The van der Waals surface area contributed by atoms with Gasteiger partial charge in [-0.15, -0.1) is 0 Å². The van der Waals surface area contributed by atoms with Crippen LogP contribution in [0.5, 0.6) is 0 Å². The quantitative estimate of drug-likeness (QED) is 0.153. The minimum Gasteiger partial charge on any atom is -0.356 e.